The summed E-state index contributed by atoms with van der Waals surface area (Å²) in [6.07, 6.45) is 0. The van der Waals surface area contributed by atoms with Crippen molar-refractivity contribution in [3.8, 4) is 0 Å². The fraction of sp³-hybridized carbons (Fsp3) is 0.250. The van der Waals surface area contributed by atoms with E-state index in [0.717, 1.165) is 0 Å². The number of amides is 1. The van der Waals surface area contributed by atoms with Crippen molar-refractivity contribution in [2.45, 2.75) is 32.9 Å². The Balaban J connectivity index is 2.03. The summed E-state index contributed by atoms with van der Waals surface area (Å²) in [6, 6.07) is 10.2. The van der Waals surface area contributed by atoms with Crippen LogP contribution in [0.2, 0.25) is 5.02 Å². The molecule has 5 nitrogen and oxygen atoms in total. The first-order valence-corrected chi connectivity index (χ1v) is 8.94. The average molecular weight is 388 g/mol. The third-order valence-electron chi connectivity index (χ3n) is 4.31. The Morgan fingerprint density at radius 2 is 1.81 bits per heavy atom. The van der Waals surface area contributed by atoms with Gasteiger partial charge >= 0.3 is 0 Å². The lowest BCUT2D eigenvalue weighted by Gasteiger charge is -2.17. The van der Waals surface area contributed by atoms with Crippen LogP contribution in [0.4, 0.5) is 4.39 Å². The molecule has 3 rings (SSSR count). The highest BCUT2D eigenvalue weighted by Crippen LogP contribution is 2.24. The first kappa shape index (κ1) is 19.0. The molecule has 0 aliphatic carbocycles. The van der Waals surface area contributed by atoms with E-state index in [1.54, 1.807) is 31.2 Å². The van der Waals surface area contributed by atoms with Gasteiger partial charge in [0, 0.05) is 10.4 Å². The second-order valence-corrected chi connectivity index (χ2v) is 7.01. The Kier molecular flexibility index (Phi) is 5.28. The Morgan fingerprint density at radius 3 is 2.44 bits per heavy atom. The second kappa shape index (κ2) is 7.48. The van der Waals surface area contributed by atoms with Crippen molar-refractivity contribution in [3.05, 3.63) is 74.9 Å². The average Bonchev–Trinajstić information content (AvgIpc) is 2.61. The van der Waals surface area contributed by atoms with Crippen molar-refractivity contribution in [2.75, 3.05) is 0 Å². The van der Waals surface area contributed by atoms with E-state index in [0.29, 0.717) is 16.3 Å². The molecule has 0 saturated carbocycles. The maximum absolute atomic E-state index is 13.3. The van der Waals surface area contributed by atoms with Crippen LogP contribution in [0.25, 0.3) is 10.8 Å². The molecule has 27 heavy (non-hydrogen) atoms. The van der Waals surface area contributed by atoms with Gasteiger partial charge in [0.25, 0.3) is 11.5 Å². The predicted octanol–water partition coefficient (Wildman–Crippen LogP) is 4.26. The second-order valence-electron chi connectivity index (χ2n) is 6.60. The lowest BCUT2D eigenvalue weighted by molar-refractivity contribution is 0.0934. The van der Waals surface area contributed by atoms with Gasteiger partial charge in [-0.1, -0.05) is 35.9 Å². The van der Waals surface area contributed by atoms with Gasteiger partial charge in [-0.25, -0.2) is 9.07 Å². The summed E-state index contributed by atoms with van der Waals surface area (Å²) in [6.45, 7) is 5.40. The zero-order valence-corrected chi connectivity index (χ0v) is 15.9. The highest BCUT2D eigenvalue weighted by atomic mass is 35.5. The van der Waals surface area contributed by atoms with Gasteiger partial charge in [-0.3, -0.25) is 9.59 Å². The smallest absolute Gasteiger partial charge is 0.274 e. The Labute approximate surface area is 160 Å². The number of carbonyl (C=O) groups is 1. The minimum absolute atomic E-state index is 0.156. The van der Waals surface area contributed by atoms with Crippen LogP contribution in [-0.4, -0.2) is 15.7 Å². The number of hydrogen-bond acceptors (Lipinski definition) is 3. The minimum Gasteiger partial charge on any atom is -0.344 e. The molecule has 0 radical (unpaired) electrons. The van der Waals surface area contributed by atoms with E-state index in [2.05, 4.69) is 10.4 Å². The van der Waals surface area contributed by atoms with Crippen LogP contribution in [0, 0.1) is 5.82 Å². The van der Waals surface area contributed by atoms with Crippen LogP contribution in [-0.2, 0) is 0 Å². The van der Waals surface area contributed by atoms with Crippen molar-refractivity contribution in [3.63, 3.8) is 0 Å². The molecule has 1 amide bonds. The molecule has 0 aliphatic rings. The molecule has 0 bridgehead atoms. The summed E-state index contributed by atoms with van der Waals surface area (Å²) in [4.78, 5) is 25.5. The maximum Gasteiger partial charge on any atom is 0.274 e. The summed E-state index contributed by atoms with van der Waals surface area (Å²) in [7, 11) is 0. The molecule has 140 valence electrons. The largest absolute Gasteiger partial charge is 0.344 e. The van der Waals surface area contributed by atoms with Gasteiger partial charge in [0.15, 0.2) is 5.69 Å². The summed E-state index contributed by atoms with van der Waals surface area (Å²) in [5.74, 6) is -0.882. The van der Waals surface area contributed by atoms with Crippen molar-refractivity contribution >= 4 is 28.3 Å². The van der Waals surface area contributed by atoms with Gasteiger partial charge in [-0.05, 0) is 44.5 Å². The number of benzene rings is 2. The number of halogens is 2. The normalized spacial score (nSPS) is 12.4. The third kappa shape index (κ3) is 3.71. The first-order chi connectivity index (χ1) is 12.8. The van der Waals surface area contributed by atoms with E-state index in [1.807, 2.05) is 13.8 Å². The lowest BCUT2D eigenvalue weighted by atomic mass is 10.1. The Bertz CT molecular complexity index is 1080. The van der Waals surface area contributed by atoms with Crippen molar-refractivity contribution in [1.82, 2.24) is 15.1 Å². The number of fused-ring (bicyclic) bond motifs is 1. The van der Waals surface area contributed by atoms with E-state index in [4.69, 9.17) is 11.6 Å². The maximum atomic E-state index is 13.3. The molecule has 2 aromatic carbocycles. The predicted molar refractivity (Wildman–Crippen MR) is 104 cm³/mol. The quantitative estimate of drug-likeness (QED) is 0.727. The lowest BCUT2D eigenvalue weighted by Crippen LogP contribution is -2.32. The summed E-state index contributed by atoms with van der Waals surface area (Å²) >= 11 is 6.08. The molecule has 0 aliphatic heterocycles. The molecule has 7 heteroatoms. The summed E-state index contributed by atoms with van der Waals surface area (Å²) < 4.78 is 14.6. The standard InChI is InChI=1S/C20H19ClFN3O2/c1-11(2)25-20(27)16-7-5-4-6-15(16)18(24-25)19(26)23-12(3)14-9-8-13(22)10-17(14)21/h4-12H,1-3H3,(H,23,26). The van der Waals surface area contributed by atoms with Crippen LogP contribution >= 0.6 is 11.6 Å². The third-order valence-corrected chi connectivity index (χ3v) is 4.64. The van der Waals surface area contributed by atoms with Gasteiger partial charge in [0.1, 0.15) is 5.82 Å². The molecule has 1 unspecified atom stereocenters. The number of nitrogens with zero attached hydrogens (tertiary/aromatic N) is 2. The first-order valence-electron chi connectivity index (χ1n) is 8.57. The van der Waals surface area contributed by atoms with E-state index in [9.17, 15) is 14.0 Å². The van der Waals surface area contributed by atoms with Gasteiger partial charge < -0.3 is 5.32 Å². The van der Waals surface area contributed by atoms with Crippen LogP contribution in [0.3, 0.4) is 0 Å². The van der Waals surface area contributed by atoms with Crippen LogP contribution in [0.5, 0.6) is 0 Å². The highest BCUT2D eigenvalue weighted by molar-refractivity contribution is 6.31. The zero-order valence-electron chi connectivity index (χ0n) is 15.2. The van der Waals surface area contributed by atoms with Gasteiger partial charge in [0.2, 0.25) is 0 Å². The molecule has 3 aromatic rings. The van der Waals surface area contributed by atoms with E-state index >= 15 is 0 Å². The van der Waals surface area contributed by atoms with Crippen molar-refractivity contribution in [1.29, 1.82) is 0 Å². The Morgan fingerprint density at radius 1 is 1.15 bits per heavy atom. The molecule has 0 spiro atoms. The van der Waals surface area contributed by atoms with E-state index in [1.165, 1.54) is 22.9 Å². The number of aromatic nitrogens is 2. The van der Waals surface area contributed by atoms with Crippen LogP contribution in [0.15, 0.2) is 47.3 Å². The number of hydrogen-bond donors (Lipinski definition) is 1. The molecule has 1 N–H and O–H groups in total. The molecule has 1 heterocycles. The fourth-order valence-electron chi connectivity index (χ4n) is 2.92. The van der Waals surface area contributed by atoms with Gasteiger partial charge in [-0.15, -0.1) is 0 Å². The SMILES string of the molecule is CC(NC(=O)c1nn(C(C)C)c(=O)c2ccccc12)c1ccc(F)cc1Cl. The number of rotatable bonds is 4. The molecule has 0 fully saturated rings. The fourth-order valence-corrected chi connectivity index (χ4v) is 3.25. The molecular weight excluding hydrogens is 369 g/mol. The zero-order chi connectivity index (χ0) is 19.7. The van der Waals surface area contributed by atoms with Gasteiger partial charge in [0.05, 0.1) is 17.5 Å². The highest BCUT2D eigenvalue weighted by Gasteiger charge is 2.20. The molecular formula is C20H19ClFN3O2. The van der Waals surface area contributed by atoms with Crippen LogP contribution < -0.4 is 10.9 Å². The number of carbonyl (C=O) groups excluding carboxylic acids is 1. The van der Waals surface area contributed by atoms with Crippen molar-refractivity contribution in [2.24, 2.45) is 0 Å². The van der Waals surface area contributed by atoms with E-state index < -0.39 is 17.8 Å². The molecule has 0 saturated heterocycles. The van der Waals surface area contributed by atoms with Gasteiger partial charge in [-0.2, -0.15) is 5.10 Å². The molecule has 1 aromatic heterocycles. The number of nitrogens with one attached hydrogen (secondary N) is 1. The molecule has 1 atom stereocenters. The van der Waals surface area contributed by atoms with Crippen molar-refractivity contribution < 1.29 is 9.18 Å². The minimum atomic E-state index is -0.467. The summed E-state index contributed by atoms with van der Waals surface area (Å²) in [5.41, 5.74) is 0.503. The monoisotopic (exact) mass is 387 g/mol. The summed E-state index contributed by atoms with van der Waals surface area (Å²) in [5, 5.41) is 8.25. The topological polar surface area (TPSA) is 64.0 Å². The van der Waals surface area contributed by atoms with E-state index in [-0.39, 0.29) is 22.3 Å². The Hall–Kier alpha value is -2.73. The van der Waals surface area contributed by atoms with Crippen LogP contribution in [0.1, 0.15) is 48.9 Å².